The summed E-state index contributed by atoms with van der Waals surface area (Å²) >= 11 is 0. The highest BCUT2D eigenvalue weighted by molar-refractivity contribution is 5.24. The molecule has 0 saturated carbocycles. The molecule has 0 radical (unpaired) electrons. The molecule has 1 rings (SSSR count). The van der Waals surface area contributed by atoms with Crippen molar-refractivity contribution in [2.45, 2.75) is 38.6 Å². The highest BCUT2D eigenvalue weighted by Crippen LogP contribution is 2.15. The first-order valence-corrected chi connectivity index (χ1v) is 5.58. The van der Waals surface area contributed by atoms with E-state index in [0.29, 0.717) is 5.92 Å². The molecule has 0 fully saturated rings. The minimum Gasteiger partial charge on any atom is -0.395 e. The number of nitrogens with two attached hydrogens (primary N) is 1. The first kappa shape index (κ1) is 12.2. The highest BCUT2D eigenvalue weighted by Gasteiger charge is 2.02. The van der Waals surface area contributed by atoms with E-state index in [9.17, 15) is 0 Å². The van der Waals surface area contributed by atoms with Gasteiger partial charge in [0.1, 0.15) is 0 Å². The van der Waals surface area contributed by atoms with Gasteiger partial charge in [0.05, 0.1) is 6.61 Å². The van der Waals surface area contributed by atoms with Gasteiger partial charge in [0.15, 0.2) is 0 Å². The van der Waals surface area contributed by atoms with Gasteiger partial charge in [0.25, 0.3) is 0 Å². The molecule has 15 heavy (non-hydrogen) atoms. The number of aryl methyl sites for hydroxylation is 1. The lowest BCUT2D eigenvalue weighted by atomic mass is 9.99. The third kappa shape index (κ3) is 4.02. The Morgan fingerprint density at radius 1 is 1.20 bits per heavy atom. The Morgan fingerprint density at radius 2 is 1.80 bits per heavy atom. The topological polar surface area (TPSA) is 46.2 Å². The van der Waals surface area contributed by atoms with Gasteiger partial charge in [-0.25, -0.2) is 0 Å². The molecular weight excluding hydrogens is 186 g/mol. The lowest BCUT2D eigenvalue weighted by molar-refractivity contribution is 0.260. The Kier molecular flexibility index (Phi) is 4.79. The molecule has 84 valence electrons. The Bertz CT molecular complexity index is 279. The molecule has 0 saturated heterocycles. The van der Waals surface area contributed by atoms with Gasteiger partial charge < -0.3 is 10.8 Å². The van der Waals surface area contributed by atoms with Crippen LogP contribution in [0.3, 0.4) is 0 Å². The summed E-state index contributed by atoms with van der Waals surface area (Å²) in [4.78, 5) is 0. The molecule has 0 heterocycles. The molecule has 3 N–H and O–H groups in total. The standard InChI is InChI=1S/C13H21NO/c1-10(2)12-6-3-11(4-7-12)5-8-13(14)9-15/h3-4,6-7,10,13,15H,5,8-9,14H2,1-2H3. The summed E-state index contributed by atoms with van der Waals surface area (Å²) in [5.74, 6) is 0.582. The molecule has 0 amide bonds. The maximum Gasteiger partial charge on any atom is 0.0582 e. The van der Waals surface area contributed by atoms with Crippen LogP contribution in [0.15, 0.2) is 24.3 Å². The summed E-state index contributed by atoms with van der Waals surface area (Å²) in [5.41, 5.74) is 8.31. The molecule has 0 aliphatic carbocycles. The van der Waals surface area contributed by atoms with E-state index in [2.05, 4.69) is 38.1 Å². The zero-order valence-corrected chi connectivity index (χ0v) is 9.61. The van der Waals surface area contributed by atoms with Crippen molar-refractivity contribution >= 4 is 0 Å². The predicted molar refractivity (Wildman–Crippen MR) is 63.9 cm³/mol. The first-order chi connectivity index (χ1) is 7.13. The van der Waals surface area contributed by atoms with Crippen molar-refractivity contribution in [1.29, 1.82) is 0 Å². The van der Waals surface area contributed by atoms with E-state index in [1.165, 1.54) is 11.1 Å². The molecule has 0 spiro atoms. The number of hydrogen-bond donors (Lipinski definition) is 2. The summed E-state index contributed by atoms with van der Waals surface area (Å²) in [6.07, 6.45) is 1.79. The van der Waals surface area contributed by atoms with Crippen molar-refractivity contribution in [2.24, 2.45) is 5.73 Å². The van der Waals surface area contributed by atoms with E-state index in [0.717, 1.165) is 12.8 Å². The molecule has 0 aliphatic heterocycles. The van der Waals surface area contributed by atoms with E-state index in [-0.39, 0.29) is 12.6 Å². The van der Waals surface area contributed by atoms with Crippen molar-refractivity contribution in [3.8, 4) is 0 Å². The Balaban J connectivity index is 2.50. The lowest BCUT2D eigenvalue weighted by Crippen LogP contribution is -2.24. The van der Waals surface area contributed by atoms with Gasteiger partial charge in [0, 0.05) is 6.04 Å². The van der Waals surface area contributed by atoms with Crippen LogP contribution in [0.5, 0.6) is 0 Å². The van der Waals surface area contributed by atoms with E-state index in [1.54, 1.807) is 0 Å². The minimum atomic E-state index is -0.0882. The number of aliphatic hydroxyl groups excluding tert-OH is 1. The molecule has 1 aromatic carbocycles. The number of aliphatic hydroxyl groups is 1. The van der Waals surface area contributed by atoms with Gasteiger partial charge >= 0.3 is 0 Å². The van der Waals surface area contributed by atoms with E-state index >= 15 is 0 Å². The maximum absolute atomic E-state index is 8.80. The maximum atomic E-state index is 8.80. The third-order valence-corrected chi connectivity index (χ3v) is 2.68. The number of rotatable bonds is 5. The summed E-state index contributed by atoms with van der Waals surface area (Å²) in [6, 6.07) is 8.56. The second-order valence-corrected chi connectivity index (χ2v) is 4.38. The average Bonchev–Trinajstić information content (AvgIpc) is 2.26. The zero-order chi connectivity index (χ0) is 11.3. The summed E-state index contributed by atoms with van der Waals surface area (Å²) in [6.45, 7) is 4.46. The molecular formula is C13H21NO. The molecule has 0 aliphatic rings. The van der Waals surface area contributed by atoms with Crippen LogP contribution in [0.4, 0.5) is 0 Å². The van der Waals surface area contributed by atoms with Crippen molar-refractivity contribution < 1.29 is 5.11 Å². The minimum absolute atomic E-state index is 0.0735. The van der Waals surface area contributed by atoms with E-state index in [1.807, 2.05) is 0 Å². The Hall–Kier alpha value is -0.860. The van der Waals surface area contributed by atoms with Crippen molar-refractivity contribution in [3.63, 3.8) is 0 Å². The second-order valence-electron chi connectivity index (χ2n) is 4.38. The molecule has 2 heteroatoms. The van der Waals surface area contributed by atoms with Gasteiger partial charge in [-0.05, 0) is 29.9 Å². The molecule has 2 nitrogen and oxygen atoms in total. The van der Waals surface area contributed by atoms with Crippen LogP contribution in [0.25, 0.3) is 0 Å². The van der Waals surface area contributed by atoms with Gasteiger partial charge in [-0.15, -0.1) is 0 Å². The largest absolute Gasteiger partial charge is 0.395 e. The molecule has 0 aromatic heterocycles. The van der Waals surface area contributed by atoms with Crippen LogP contribution in [0.1, 0.15) is 37.3 Å². The summed E-state index contributed by atoms with van der Waals surface area (Å²) in [7, 11) is 0. The molecule has 1 atom stereocenters. The first-order valence-electron chi connectivity index (χ1n) is 5.58. The number of benzene rings is 1. The van der Waals surface area contributed by atoms with E-state index < -0.39 is 0 Å². The Morgan fingerprint density at radius 3 is 2.27 bits per heavy atom. The molecule has 0 bridgehead atoms. The highest BCUT2D eigenvalue weighted by atomic mass is 16.3. The molecule has 1 aromatic rings. The van der Waals surface area contributed by atoms with Crippen LogP contribution in [-0.4, -0.2) is 17.8 Å². The van der Waals surface area contributed by atoms with Gasteiger partial charge in [-0.3, -0.25) is 0 Å². The van der Waals surface area contributed by atoms with Crippen molar-refractivity contribution in [2.75, 3.05) is 6.61 Å². The van der Waals surface area contributed by atoms with Gasteiger partial charge in [-0.1, -0.05) is 38.1 Å². The summed E-state index contributed by atoms with van der Waals surface area (Å²) < 4.78 is 0. The fraction of sp³-hybridized carbons (Fsp3) is 0.538. The zero-order valence-electron chi connectivity index (χ0n) is 9.61. The molecule has 1 unspecified atom stereocenters. The van der Waals surface area contributed by atoms with Crippen molar-refractivity contribution in [3.05, 3.63) is 35.4 Å². The fourth-order valence-corrected chi connectivity index (χ4v) is 1.51. The van der Waals surface area contributed by atoms with Gasteiger partial charge in [0.2, 0.25) is 0 Å². The van der Waals surface area contributed by atoms with Crippen LogP contribution >= 0.6 is 0 Å². The fourth-order valence-electron chi connectivity index (χ4n) is 1.51. The predicted octanol–water partition coefficient (Wildman–Crippen LogP) is 2.06. The quantitative estimate of drug-likeness (QED) is 0.776. The van der Waals surface area contributed by atoms with Gasteiger partial charge in [-0.2, -0.15) is 0 Å². The van der Waals surface area contributed by atoms with Crippen molar-refractivity contribution in [1.82, 2.24) is 0 Å². The lowest BCUT2D eigenvalue weighted by Gasteiger charge is -2.09. The van der Waals surface area contributed by atoms with Crippen LogP contribution in [0.2, 0.25) is 0 Å². The number of hydrogen-bond acceptors (Lipinski definition) is 2. The SMILES string of the molecule is CC(C)c1ccc(CCC(N)CO)cc1. The van der Waals surface area contributed by atoms with Crippen LogP contribution in [0, 0.1) is 0 Å². The summed E-state index contributed by atoms with van der Waals surface area (Å²) in [5, 5.41) is 8.80. The van der Waals surface area contributed by atoms with Crippen LogP contribution < -0.4 is 5.73 Å². The monoisotopic (exact) mass is 207 g/mol. The van der Waals surface area contributed by atoms with E-state index in [4.69, 9.17) is 10.8 Å². The Labute approximate surface area is 92.1 Å². The third-order valence-electron chi connectivity index (χ3n) is 2.68. The smallest absolute Gasteiger partial charge is 0.0582 e. The second kappa shape index (κ2) is 5.89. The normalized spacial score (nSPS) is 13.1. The average molecular weight is 207 g/mol. The van der Waals surface area contributed by atoms with Crippen LogP contribution in [-0.2, 0) is 6.42 Å².